The summed E-state index contributed by atoms with van der Waals surface area (Å²) < 4.78 is 15.9. The highest BCUT2D eigenvalue weighted by Gasteiger charge is 2.17. The third kappa shape index (κ3) is 1.82. The third-order valence-corrected chi connectivity index (χ3v) is 2.99. The monoisotopic (exact) mass is 273 g/mol. The Labute approximate surface area is 113 Å². The quantitative estimate of drug-likeness (QED) is 0.789. The predicted octanol–water partition coefficient (Wildman–Crippen LogP) is 3.10. The van der Waals surface area contributed by atoms with Crippen molar-refractivity contribution >= 4 is 16.9 Å². The van der Waals surface area contributed by atoms with Crippen LogP contribution < -0.4 is 4.74 Å². The van der Waals surface area contributed by atoms with Gasteiger partial charge in [-0.2, -0.15) is 0 Å². The predicted molar refractivity (Wildman–Crippen MR) is 70.0 cm³/mol. The first-order valence-electron chi connectivity index (χ1n) is 5.87. The van der Waals surface area contributed by atoms with Gasteiger partial charge in [-0.25, -0.2) is 4.79 Å². The van der Waals surface area contributed by atoms with Crippen LogP contribution in [0.15, 0.2) is 33.2 Å². The fourth-order valence-corrected chi connectivity index (χ4v) is 2.10. The van der Waals surface area contributed by atoms with Gasteiger partial charge in [0.15, 0.2) is 22.8 Å². The van der Waals surface area contributed by atoms with Crippen LogP contribution in [-0.4, -0.2) is 23.3 Å². The molecule has 3 rings (SSSR count). The zero-order valence-corrected chi connectivity index (χ0v) is 10.8. The minimum atomic E-state index is -1.13. The van der Waals surface area contributed by atoms with E-state index in [1.165, 1.54) is 6.07 Å². The molecule has 0 radical (unpaired) electrons. The molecule has 1 N–H and O–H groups in total. The second kappa shape index (κ2) is 4.41. The van der Waals surface area contributed by atoms with E-state index in [9.17, 15) is 4.79 Å². The van der Waals surface area contributed by atoms with Crippen molar-refractivity contribution in [2.75, 3.05) is 7.11 Å². The second-order valence-electron chi connectivity index (χ2n) is 4.30. The SMILES string of the molecule is COc1ccc(-c2cc(C(=O)O)no2)c2cc(C)oc12. The number of aromatic carboxylic acids is 1. The first-order chi connectivity index (χ1) is 9.60. The Hall–Kier alpha value is -2.76. The lowest BCUT2D eigenvalue weighted by Crippen LogP contribution is -1.94. The average Bonchev–Trinajstić information content (AvgIpc) is 3.02. The summed E-state index contributed by atoms with van der Waals surface area (Å²) in [6.45, 7) is 1.83. The number of nitrogens with zero attached hydrogens (tertiary/aromatic N) is 1. The Morgan fingerprint density at radius 3 is 2.80 bits per heavy atom. The van der Waals surface area contributed by atoms with Crippen molar-refractivity contribution in [1.82, 2.24) is 5.16 Å². The molecule has 6 heteroatoms. The Morgan fingerprint density at radius 1 is 1.35 bits per heavy atom. The maximum Gasteiger partial charge on any atom is 0.358 e. The zero-order chi connectivity index (χ0) is 14.3. The molecule has 0 atom stereocenters. The summed E-state index contributed by atoms with van der Waals surface area (Å²) in [7, 11) is 1.56. The number of aromatic nitrogens is 1. The minimum Gasteiger partial charge on any atom is -0.493 e. The highest BCUT2D eigenvalue weighted by atomic mass is 16.5. The Kier molecular flexibility index (Phi) is 2.71. The zero-order valence-electron chi connectivity index (χ0n) is 10.8. The number of aryl methyl sites for hydroxylation is 1. The molecule has 0 spiro atoms. The molecule has 20 heavy (non-hydrogen) atoms. The van der Waals surface area contributed by atoms with Gasteiger partial charge in [-0.15, -0.1) is 0 Å². The maximum absolute atomic E-state index is 10.9. The first kappa shape index (κ1) is 12.3. The van der Waals surface area contributed by atoms with Crippen LogP contribution >= 0.6 is 0 Å². The number of fused-ring (bicyclic) bond motifs is 1. The van der Waals surface area contributed by atoms with Gasteiger partial charge in [0.2, 0.25) is 0 Å². The number of benzene rings is 1. The van der Waals surface area contributed by atoms with Crippen LogP contribution in [0.4, 0.5) is 0 Å². The van der Waals surface area contributed by atoms with Gasteiger partial charge in [-0.05, 0) is 25.1 Å². The van der Waals surface area contributed by atoms with Crippen LogP contribution in [0.2, 0.25) is 0 Å². The summed E-state index contributed by atoms with van der Waals surface area (Å²) in [5.41, 5.74) is 1.16. The number of carbonyl (C=O) groups is 1. The number of carboxylic acid groups (broad SMARTS) is 1. The highest BCUT2D eigenvalue weighted by molar-refractivity contribution is 5.97. The van der Waals surface area contributed by atoms with Crippen LogP contribution in [0.3, 0.4) is 0 Å². The molecule has 2 aromatic heterocycles. The van der Waals surface area contributed by atoms with Crippen LogP contribution in [0.5, 0.6) is 5.75 Å². The van der Waals surface area contributed by atoms with Crippen molar-refractivity contribution in [2.24, 2.45) is 0 Å². The van der Waals surface area contributed by atoms with E-state index in [-0.39, 0.29) is 5.69 Å². The van der Waals surface area contributed by atoms with E-state index in [0.29, 0.717) is 22.7 Å². The standard InChI is InChI=1S/C14H11NO5/c1-7-5-9-8(3-4-11(18-2)13(9)19-7)12-6-10(14(16)17)15-20-12/h3-6H,1-2H3,(H,16,17). The molecule has 0 amide bonds. The fraction of sp³-hybridized carbons (Fsp3) is 0.143. The van der Waals surface area contributed by atoms with Crippen molar-refractivity contribution in [2.45, 2.75) is 6.92 Å². The highest BCUT2D eigenvalue weighted by Crippen LogP contribution is 2.36. The van der Waals surface area contributed by atoms with Gasteiger partial charge in [-0.3, -0.25) is 0 Å². The lowest BCUT2D eigenvalue weighted by molar-refractivity contribution is 0.0686. The van der Waals surface area contributed by atoms with E-state index < -0.39 is 5.97 Å². The molecule has 1 aromatic carbocycles. The van der Waals surface area contributed by atoms with E-state index in [1.54, 1.807) is 19.2 Å². The molecule has 3 aromatic rings. The van der Waals surface area contributed by atoms with Crippen LogP contribution in [0, 0.1) is 6.92 Å². The van der Waals surface area contributed by atoms with Crippen LogP contribution in [0.25, 0.3) is 22.3 Å². The van der Waals surface area contributed by atoms with E-state index in [0.717, 1.165) is 11.1 Å². The summed E-state index contributed by atoms with van der Waals surface area (Å²) in [4.78, 5) is 10.9. The molecule has 0 fully saturated rings. The van der Waals surface area contributed by atoms with Gasteiger partial charge in [0, 0.05) is 17.0 Å². The molecular weight excluding hydrogens is 262 g/mol. The van der Waals surface area contributed by atoms with E-state index in [1.807, 2.05) is 13.0 Å². The maximum atomic E-state index is 10.9. The first-order valence-corrected chi connectivity index (χ1v) is 5.87. The van der Waals surface area contributed by atoms with Gasteiger partial charge in [-0.1, -0.05) is 5.16 Å². The van der Waals surface area contributed by atoms with E-state index in [2.05, 4.69) is 5.16 Å². The third-order valence-electron chi connectivity index (χ3n) is 2.99. The normalized spacial score (nSPS) is 10.9. The summed E-state index contributed by atoms with van der Waals surface area (Å²) in [5.74, 6) is 0.572. The molecule has 6 nitrogen and oxygen atoms in total. The number of methoxy groups -OCH3 is 1. The van der Waals surface area contributed by atoms with Gasteiger partial charge < -0.3 is 18.8 Å². The summed E-state index contributed by atoms with van der Waals surface area (Å²) >= 11 is 0. The number of furan rings is 1. The number of ether oxygens (including phenoxy) is 1. The average molecular weight is 273 g/mol. The molecule has 0 aliphatic rings. The molecular formula is C14H11NO5. The molecule has 102 valence electrons. The van der Waals surface area contributed by atoms with Gasteiger partial charge in [0.05, 0.1) is 7.11 Å². The van der Waals surface area contributed by atoms with Gasteiger partial charge in [0.1, 0.15) is 5.76 Å². The summed E-state index contributed by atoms with van der Waals surface area (Å²) in [6.07, 6.45) is 0. The van der Waals surface area contributed by atoms with Crippen molar-refractivity contribution in [3.63, 3.8) is 0 Å². The number of hydrogen-bond donors (Lipinski definition) is 1. The fourth-order valence-electron chi connectivity index (χ4n) is 2.10. The van der Waals surface area contributed by atoms with Crippen molar-refractivity contribution in [3.8, 4) is 17.1 Å². The number of carboxylic acids is 1. The summed E-state index contributed by atoms with van der Waals surface area (Å²) in [6, 6.07) is 6.74. The number of hydrogen-bond acceptors (Lipinski definition) is 5. The summed E-state index contributed by atoms with van der Waals surface area (Å²) in [5, 5.41) is 13.2. The Bertz CT molecular complexity index is 799. The smallest absolute Gasteiger partial charge is 0.358 e. The Morgan fingerprint density at radius 2 is 2.15 bits per heavy atom. The van der Waals surface area contributed by atoms with Crippen molar-refractivity contribution < 1.29 is 23.6 Å². The van der Waals surface area contributed by atoms with E-state index in [4.69, 9.17) is 18.8 Å². The molecule has 0 bridgehead atoms. The molecule has 0 aliphatic carbocycles. The molecule has 0 aliphatic heterocycles. The molecule has 2 heterocycles. The lowest BCUT2D eigenvalue weighted by Gasteiger charge is -2.03. The van der Waals surface area contributed by atoms with Crippen LogP contribution in [0.1, 0.15) is 16.2 Å². The number of rotatable bonds is 3. The second-order valence-corrected chi connectivity index (χ2v) is 4.30. The minimum absolute atomic E-state index is 0.135. The molecule has 0 saturated carbocycles. The molecule has 0 unspecified atom stereocenters. The van der Waals surface area contributed by atoms with Crippen molar-refractivity contribution in [3.05, 3.63) is 35.7 Å². The van der Waals surface area contributed by atoms with E-state index >= 15 is 0 Å². The molecule has 0 saturated heterocycles. The van der Waals surface area contributed by atoms with Gasteiger partial charge >= 0.3 is 5.97 Å². The Balaban J connectivity index is 2.22. The lowest BCUT2D eigenvalue weighted by atomic mass is 10.1. The largest absolute Gasteiger partial charge is 0.493 e. The van der Waals surface area contributed by atoms with Gasteiger partial charge in [0.25, 0.3) is 0 Å². The van der Waals surface area contributed by atoms with Crippen LogP contribution in [-0.2, 0) is 0 Å². The van der Waals surface area contributed by atoms with Crippen molar-refractivity contribution in [1.29, 1.82) is 0 Å². The topological polar surface area (TPSA) is 85.7 Å².